The topological polar surface area (TPSA) is 106 Å². The summed E-state index contributed by atoms with van der Waals surface area (Å²) in [6.45, 7) is 3.71. The molecule has 3 rings (SSSR count). The van der Waals surface area contributed by atoms with Gasteiger partial charge in [0.2, 0.25) is 17.6 Å². The number of aryl methyl sites for hydroxylation is 3. The fourth-order valence-electron chi connectivity index (χ4n) is 2.49. The van der Waals surface area contributed by atoms with Crippen molar-refractivity contribution >= 4 is 23.2 Å². The van der Waals surface area contributed by atoms with Crippen molar-refractivity contribution in [1.82, 2.24) is 21.0 Å². The Morgan fingerprint density at radius 3 is 2.61 bits per heavy atom. The maximum Gasteiger partial charge on any atom is 0.276 e. The van der Waals surface area contributed by atoms with Crippen LogP contribution in [0.15, 0.2) is 40.2 Å². The number of aromatic nitrogens is 2. The van der Waals surface area contributed by atoms with Crippen LogP contribution in [0, 0.1) is 13.8 Å². The summed E-state index contributed by atoms with van der Waals surface area (Å²) >= 11 is 1.51. The van der Waals surface area contributed by atoms with E-state index in [4.69, 9.17) is 9.26 Å². The van der Waals surface area contributed by atoms with Gasteiger partial charge in [-0.3, -0.25) is 20.4 Å². The van der Waals surface area contributed by atoms with E-state index in [1.807, 2.05) is 49.6 Å². The van der Waals surface area contributed by atoms with Gasteiger partial charge in [-0.15, -0.1) is 11.3 Å². The fourth-order valence-corrected chi connectivity index (χ4v) is 3.14. The summed E-state index contributed by atoms with van der Waals surface area (Å²) in [6.07, 6.45) is 0.378. The third kappa shape index (κ3) is 5.65. The molecule has 0 bridgehead atoms. The van der Waals surface area contributed by atoms with Gasteiger partial charge in [-0.1, -0.05) is 17.3 Å². The number of hydrazine groups is 1. The largest absolute Gasteiger partial charge is 0.484 e. The molecular weight excluding hydrogens is 380 g/mol. The molecule has 0 atom stereocenters. The van der Waals surface area contributed by atoms with Crippen molar-refractivity contribution in [2.75, 3.05) is 6.61 Å². The molecule has 0 radical (unpaired) electrons. The molecule has 146 valence electrons. The van der Waals surface area contributed by atoms with Crippen LogP contribution in [0.4, 0.5) is 0 Å². The Hall–Kier alpha value is -3.20. The molecule has 2 amide bonds. The van der Waals surface area contributed by atoms with Gasteiger partial charge >= 0.3 is 0 Å². The minimum Gasteiger partial charge on any atom is -0.484 e. The number of amides is 2. The van der Waals surface area contributed by atoms with Crippen LogP contribution in [0.1, 0.15) is 23.4 Å². The molecule has 2 N–H and O–H groups in total. The van der Waals surface area contributed by atoms with E-state index >= 15 is 0 Å². The summed E-state index contributed by atoms with van der Waals surface area (Å²) in [5, 5.41) is 5.80. The summed E-state index contributed by atoms with van der Waals surface area (Å²) in [4.78, 5) is 28.8. The average molecular weight is 400 g/mol. The first-order valence-corrected chi connectivity index (χ1v) is 9.53. The van der Waals surface area contributed by atoms with Gasteiger partial charge in [-0.25, -0.2) is 0 Å². The van der Waals surface area contributed by atoms with Crippen LogP contribution in [0.25, 0.3) is 10.7 Å². The Balaban J connectivity index is 1.37. The molecule has 0 aliphatic rings. The molecule has 9 heteroatoms. The zero-order valence-corrected chi connectivity index (χ0v) is 16.3. The Labute approximate surface area is 165 Å². The number of ether oxygens (including phenoxy) is 1. The first-order chi connectivity index (χ1) is 13.5. The lowest BCUT2D eigenvalue weighted by atomic mass is 10.1. The number of hydrogen-bond donors (Lipinski definition) is 2. The number of carbonyl (C=O) groups is 2. The minimum atomic E-state index is -0.453. The molecule has 0 fully saturated rings. The number of rotatable bonds is 7. The Bertz CT molecular complexity index is 933. The quantitative estimate of drug-likeness (QED) is 0.591. The van der Waals surface area contributed by atoms with E-state index in [9.17, 15) is 9.59 Å². The number of thiophene rings is 1. The molecule has 8 nitrogen and oxygen atoms in total. The van der Waals surface area contributed by atoms with Crippen molar-refractivity contribution in [3.63, 3.8) is 0 Å². The van der Waals surface area contributed by atoms with Crippen molar-refractivity contribution in [1.29, 1.82) is 0 Å². The summed E-state index contributed by atoms with van der Waals surface area (Å²) in [5.41, 5.74) is 6.75. The zero-order valence-electron chi connectivity index (χ0n) is 15.5. The van der Waals surface area contributed by atoms with Crippen LogP contribution in [0.3, 0.4) is 0 Å². The van der Waals surface area contributed by atoms with Gasteiger partial charge in [0, 0.05) is 12.8 Å². The summed E-state index contributed by atoms with van der Waals surface area (Å²) < 4.78 is 10.6. The molecule has 2 heterocycles. The van der Waals surface area contributed by atoms with Crippen molar-refractivity contribution in [2.24, 2.45) is 0 Å². The fraction of sp³-hybridized carbons (Fsp3) is 0.263. The van der Waals surface area contributed by atoms with E-state index in [0.717, 1.165) is 16.0 Å². The first kappa shape index (κ1) is 19.6. The lowest BCUT2D eigenvalue weighted by Gasteiger charge is -2.09. The molecular formula is C19H20N4O4S. The second-order valence-corrected chi connectivity index (χ2v) is 7.15. The van der Waals surface area contributed by atoms with E-state index < -0.39 is 5.91 Å². The molecule has 3 aromatic rings. The average Bonchev–Trinajstić information content (AvgIpc) is 3.33. The molecule has 0 spiro atoms. The summed E-state index contributed by atoms with van der Waals surface area (Å²) in [6, 6.07) is 9.49. The lowest BCUT2D eigenvalue weighted by Crippen LogP contribution is -2.43. The predicted molar refractivity (Wildman–Crippen MR) is 104 cm³/mol. The van der Waals surface area contributed by atoms with Crippen molar-refractivity contribution in [2.45, 2.75) is 26.7 Å². The van der Waals surface area contributed by atoms with E-state index in [1.165, 1.54) is 11.3 Å². The molecule has 1 aromatic carbocycles. The monoisotopic (exact) mass is 400 g/mol. The standard InChI is InChI=1S/C19H20N4O4S/c1-12-8-13(2)10-14(9-12)26-11-17(25)22-21-16(24)5-6-18-20-19(23-27-18)15-4-3-7-28-15/h3-4,7-10H,5-6,11H2,1-2H3,(H,21,24)(H,22,25). The van der Waals surface area contributed by atoms with Crippen LogP contribution in [-0.2, 0) is 16.0 Å². The zero-order chi connectivity index (χ0) is 19.9. The molecule has 0 aliphatic heterocycles. The second kappa shape index (κ2) is 9.14. The highest BCUT2D eigenvalue weighted by Crippen LogP contribution is 2.21. The minimum absolute atomic E-state index is 0.101. The lowest BCUT2D eigenvalue weighted by molar-refractivity contribution is -0.130. The number of benzene rings is 1. The Kier molecular flexibility index (Phi) is 6.38. The van der Waals surface area contributed by atoms with Crippen molar-refractivity contribution in [3.05, 3.63) is 52.7 Å². The SMILES string of the molecule is Cc1cc(C)cc(OCC(=O)NNC(=O)CCc2nc(-c3cccs3)no2)c1. The van der Waals surface area contributed by atoms with E-state index in [-0.39, 0.29) is 25.4 Å². The summed E-state index contributed by atoms with van der Waals surface area (Å²) in [5.74, 6) is 0.656. The van der Waals surface area contributed by atoms with E-state index in [0.29, 0.717) is 17.5 Å². The highest BCUT2D eigenvalue weighted by molar-refractivity contribution is 7.13. The van der Waals surface area contributed by atoms with Crippen molar-refractivity contribution < 1.29 is 18.8 Å². The smallest absolute Gasteiger partial charge is 0.276 e. The first-order valence-electron chi connectivity index (χ1n) is 8.65. The highest BCUT2D eigenvalue weighted by atomic mass is 32.1. The predicted octanol–water partition coefficient (Wildman–Crippen LogP) is 2.57. The Morgan fingerprint density at radius 1 is 1.14 bits per heavy atom. The van der Waals surface area contributed by atoms with Crippen LogP contribution < -0.4 is 15.6 Å². The normalized spacial score (nSPS) is 10.5. The van der Waals surface area contributed by atoms with Gasteiger partial charge in [-0.05, 0) is 48.6 Å². The molecule has 0 unspecified atom stereocenters. The number of hydrogen-bond acceptors (Lipinski definition) is 7. The number of nitrogens with zero attached hydrogens (tertiary/aromatic N) is 2. The van der Waals surface area contributed by atoms with Gasteiger partial charge in [0.1, 0.15) is 5.75 Å². The molecule has 2 aromatic heterocycles. The maximum atomic E-state index is 11.9. The van der Waals surface area contributed by atoms with E-state index in [2.05, 4.69) is 21.0 Å². The van der Waals surface area contributed by atoms with Crippen LogP contribution in [0.5, 0.6) is 5.75 Å². The third-order valence-electron chi connectivity index (χ3n) is 3.68. The third-order valence-corrected chi connectivity index (χ3v) is 4.55. The molecule has 0 aliphatic carbocycles. The van der Waals surface area contributed by atoms with Crippen LogP contribution in [0.2, 0.25) is 0 Å². The number of carbonyl (C=O) groups excluding carboxylic acids is 2. The highest BCUT2D eigenvalue weighted by Gasteiger charge is 2.12. The van der Waals surface area contributed by atoms with Gasteiger partial charge in [0.05, 0.1) is 4.88 Å². The molecule has 0 saturated carbocycles. The van der Waals surface area contributed by atoms with Crippen LogP contribution in [-0.4, -0.2) is 28.6 Å². The van der Waals surface area contributed by atoms with Gasteiger partial charge < -0.3 is 9.26 Å². The van der Waals surface area contributed by atoms with Gasteiger partial charge in [0.15, 0.2) is 6.61 Å². The molecule has 28 heavy (non-hydrogen) atoms. The van der Waals surface area contributed by atoms with Crippen LogP contribution >= 0.6 is 11.3 Å². The number of nitrogens with one attached hydrogen (secondary N) is 2. The van der Waals surface area contributed by atoms with Gasteiger partial charge in [-0.2, -0.15) is 4.98 Å². The maximum absolute atomic E-state index is 11.9. The Morgan fingerprint density at radius 2 is 1.89 bits per heavy atom. The van der Waals surface area contributed by atoms with E-state index in [1.54, 1.807) is 0 Å². The van der Waals surface area contributed by atoms with Gasteiger partial charge in [0.25, 0.3) is 5.91 Å². The second-order valence-electron chi connectivity index (χ2n) is 6.20. The summed E-state index contributed by atoms with van der Waals surface area (Å²) in [7, 11) is 0. The molecule has 0 saturated heterocycles. The van der Waals surface area contributed by atoms with Crippen molar-refractivity contribution in [3.8, 4) is 16.5 Å².